The molecule has 0 fully saturated rings. The highest BCUT2D eigenvalue weighted by atomic mass is 15.0. The second-order valence-electron chi connectivity index (χ2n) is 14.1. The minimum atomic E-state index is 1.17. The molecule has 0 atom stereocenters. The van der Waals surface area contributed by atoms with E-state index in [4.69, 9.17) is 0 Å². The molecule has 0 radical (unpaired) electrons. The van der Waals surface area contributed by atoms with Crippen molar-refractivity contribution in [1.82, 2.24) is 4.57 Å². The smallest absolute Gasteiger partial charge is 0.0541 e. The molecule has 1 heterocycles. The average molecular weight is 644 g/mol. The highest BCUT2D eigenvalue weighted by Crippen LogP contribution is 2.41. The van der Waals surface area contributed by atoms with E-state index in [0.29, 0.717) is 0 Å². The van der Waals surface area contributed by atoms with Crippen LogP contribution in [-0.4, -0.2) is 4.57 Å². The van der Waals surface area contributed by atoms with Gasteiger partial charge in [-0.3, -0.25) is 0 Å². The summed E-state index contributed by atoms with van der Waals surface area (Å²) in [6.07, 6.45) is 0. The van der Waals surface area contributed by atoms with E-state index in [1.165, 1.54) is 114 Å². The van der Waals surface area contributed by atoms with Crippen LogP contribution < -0.4 is 0 Å². The van der Waals surface area contributed by atoms with Crippen molar-refractivity contribution in [1.29, 1.82) is 0 Å². The predicted molar refractivity (Wildman–Crippen MR) is 219 cm³/mol. The molecule has 0 spiro atoms. The molecule has 12 rings (SSSR count). The second-order valence-corrected chi connectivity index (χ2v) is 14.1. The van der Waals surface area contributed by atoms with E-state index in [0.717, 1.165) is 0 Å². The third-order valence-corrected chi connectivity index (χ3v) is 11.4. The molecule has 1 heteroatoms. The maximum absolute atomic E-state index is 2.42. The Balaban J connectivity index is 0.981. The first-order chi connectivity index (χ1) is 25.2. The summed E-state index contributed by atoms with van der Waals surface area (Å²) in [6, 6.07) is 65.7. The molecule has 1 nitrogen and oxygen atoms in total. The normalized spacial score (nSPS) is 12.3. The number of nitrogens with zero attached hydrogens (tertiary/aromatic N) is 1. The van der Waals surface area contributed by atoms with Crippen LogP contribution in [0.5, 0.6) is 0 Å². The van der Waals surface area contributed by atoms with Crippen LogP contribution >= 0.6 is 0 Å². The van der Waals surface area contributed by atoms with Crippen molar-refractivity contribution in [2.75, 3.05) is 0 Å². The molecule has 11 aromatic carbocycles. The molecule has 0 amide bonds. The lowest BCUT2D eigenvalue weighted by Gasteiger charge is -2.14. The molecule has 0 saturated carbocycles. The zero-order valence-corrected chi connectivity index (χ0v) is 27.7. The maximum atomic E-state index is 2.42. The van der Waals surface area contributed by atoms with Gasteiger partial charge in [0.05, 0.1) is 11.0 Å². The summed E-state index contributed by atoms with van der Waals surface area (Å²) in [5, 5.41) is 18.4. The summed E-state index contributed by atoms with van der Waals surface area (Å²) in [5.41, 5.74) is 8.55. The van der Waals surface area contributed by atoms with Crippen molar-refractivity contribution in [2.24, 2.45) is 0 Å². The molecule has 0 bridgehead atoms. The van der Waals surface area contributed by atoms with Gasteiger partial charge in [-0.05, 0) is 141 Å². The van der Waals surface area contributed by atoms with Crippen molar-refractivity contribution in [3.8, 4) is 27.9 Å². The van der Waals surface area contributed by atoms with Crippen LogP contribution in [-0.2, 0) is 0 Å². The van der Waals surface area contributed by atoms with Gasteiger partial charge in [0.1, 0.15) is 0 Å². The van der Waals surface area contributed by atoms with Crippen molar-refractivity contribution in [2.45, 2.75) is 0 Å². The highest BCUT2D eigenvalue weighted by Gasteiger charge is 2.16. The molecule has 0 aliphatic rings. The van der Waals surface area contributed by atoms with E-state index < -0.39 is 0 Å². The lowest BCUT2D eigenvalue weighted by atomic mass is 9.91. The number of rotatable bonds is 3. The molecule has 234 valence electrons. The molecular weight excluding hydrogens is 615 g/mol. The number of hydrogen-bond donors (Lipinski definition) is 0. The third-order valence-electron chi connectivity index (χ3n) is 11.4. The minimum Gasteiger partial charge on any atom is -0.309 e. The van der Waals surface area contributed by atoms with Gasteiger partial charge >= 0.3 is 0 Å². The van der Waals surface area contributed by atoms with Gasteiger partial charge in [0.25, 0.3) is 0 Å². The van der Waals surface area contributed by atoms with Crippen molar-refractivity contribution < 1.29 is 0 Å². The standard InChI is InChI=1S/C50H29N/c1-2-10-45-43(9-1)44-29-35(41-27-38-17-13-33-7-4-8-34-14-18-39(28-41)50(38)48(33)34)21-24-46(44)51(45)42-22-19-30(20-23-42)40-25-36-15-11-31-5-3-6-32-12-16-37(26-40)49(36)47(31)32/h1-29H. The Morgan fingerprint density at radius 3 is 1.24 bits per heavy atom. The van der Waals surface area contributed by atoms with E-state index >= 15 is 0 Å². The van der Waals surface area contributed by atoms with Gasteiger partial charge in [0.2, 0.25) is 0 Å². The summed E-state index contributed by atoms with van der Waals surface area (Å²) < 4.78 is 2.42. The predicted octanol–water partition coefficient (Wildman–Crippen LogP) is 13.9. The summed E-state index contributed by atoms with van der Waals surface area (Å²) in [7, 11) is 0. The van der Waals surface area contributed by atoms with Crippen LogP contribution in [0.2, 0.25) is 0 Å². The Hall–Kier alpha value is -6.70. The summed E-state index contributed by atoms with van der Waals surface area (Å²) in [6.45, 7) is 0. The lowest BCUT2D eigenvalue weighted by Crippen LogP contribution is -1.94. The third kappa shape index (κ3) is 3.81. The molecule has 0 saturated heterocycles. The Morgan fingerprint density at radius 2 is 0.686 bits per heavy atom. The summed E-state index contributed by atoms with van der Waals surface area (Å²) in [5.74, 6) is 0. The number of aromatic nitrogens is 1. The fourth-order valence-electron chi connectivity index (χ4n) is 9.07. The van der Waals surface area contributed by atoms with Gasteiger partial charge in [-0.25, -0.2) is 0 Å². The minimum absolute atomic E-state index is 1.17. The number of para-hydroxylation sites is 1. The van der Waals surface area contributed by atoms with Crippen molar-refractivity contribution in [3.63, 3.8) is 0 Å². The fraction of sp³-hybridized carbons (Fsp3) is 0. The quantitative estimate of drug-likeness (QED) is 0.169. The second kappa shape index (κ2) is 9.94. The van der Waals surface area contributed by atoms with Gasteiger partial charge in [-0.2, -0.15) is 0 Å². The molecule has 51 heavy (non-hydrogen) atoms. The van der Waals surface area contributed by atoms with Gasteiger partial charge in [0, 0.05) is 16.5 Å². The van der Waals surface area contributed by atoms with Crippen LogP contribution in [0.25, 0.3) is 114 Å². The Labute approximate surface area is 293 Å². The Kier molecular flexibility index (Phi) is 5.29. The average Bonchev–Trinajstić information content (AvgIpc) is 3.52. The van der Waals surface area contributed by atoms with Crippen molar-refractivity contribution in [3.05, 3.63) is 176 Å². The first-order valence-electron chi connectivity index (χ1n) is 17.7. The zero-order chi connectivity index (χ0) is 33.2. The molecule has 1 aromatic heterocycles. The van der Waals surface area contributed by atoms with Crippen molar-refractivity contribution >= 4 is 86.4 Å². The fourth-order valence-corrected chi connectivity index (χ4v) is 9.07. The lowest BCUT2D eigenvalue weighted by molar-refractivity contribution is 1.18. The van der Waals surface area contributed by atoms with Crippen LogP contribution in [0.1, 0.15) is 0 Å². The van der Waals surface area contributed by atoms with E-state index in [-0.39, 0.29) is 0 Å². The maximum Gasteiger partial charge on any atom is 0.0541 e. The number of hydrogen-bond acceptors (Lipinski definition) is 0. The van der Waals surface area contributed by atoms with Crippen LogP contribution in [0.15, 0.2) is 176 Å². The van der Waals surface area contributed by atoms with Gasteiger partial charge in [0.15, 0.2) is 0 Å². The molecule has 0 N–H and O–H groups in total. The Morgan fingerprint density at radius 1 is 0.255 bits per heavy atom. The van der Waals surface area contributed by atoms with E-state index in [1.54, 1.807) is 0 Å². The van der Waals surface area contributed by atoms with Gasteiger partial charge in [-0.1, -0.05) is 121 Å². The zero-order valence-electron chi connectivity index (χ0n) is 27.7. The SMILES string of the molecule is c1cc2ccc3cc(-c4ccc(-n5c6ccccc6c6cc(-c7cc8ccc9cccc%10ccc(c7)c8c9%10)ccc65)cc4)cc4ccc(c1)c2c34. The monoisotopic (exact) mass is 643 g/mol. The van der Waals surface area contributed by atoms with Gasteiger partial charge < -0.3 is 4.57 Å². The first-order valence-corrected chi connectivity index (χ1v) is 17.7. The topological polar surface area (TPSA) is 4.93 Å². The van der Waals surface area contributed by atoms with Crippen LogP contribution in [0.3, 0.4) is 0 Å². The van der Waals surface area contributed by atoms with Crippen LogP contribution in [0, 0.1) is 0 Å². The summed E-state index contributed by atoms with van der Waals surface area (Å²) >= 11 is 0. The molecule has 0 unspecified atom stereocenters. The first kappa shape index (κ1) is 27.2. The largest absolute Gasteiger partial charge is 0.309 e. The molecule has 12 aromatic rings. The van der Waals surface area contributed by atoms with E-state index in [2.05, 4.69) is 180 Å². The Bertz CT molecular complexity index is 3220. The van der Waals surface area contributed by atoms with E-state index in [1.807, 2.05) is 0 Å². The molecule has 0 aliphatic carbocycles. The van der Waals surface area contributed by atoms with Gasteiger partial charge in [-0.15, -0.1) is 0 Å². The summed E-state index contributed by atoms with van der Waals surface area (Å²) in [4.78, 5) is 0. The highest BCUT2D eigenvalue weighted by molar-refractivity contribution is 6.25. The van der Waals surface area contributed by atoms with E-state index in [9.17, 15) is 0 Å². The number of benzene rings is 11. The van der Waals surface area contributed by atoms with Crippen LogP contribution in [0.4, 0.5) is 0 Å². The molecular formula is C50H29N. The number of fused-ring (bicyclic) bond motifs is 3. The molecule has 0 aliphatic heterocycles.